The first kappa shape index (κ1) is 17.6. The largest absolute Gasteiger partial charge is 0.346 e. The van der Waals surface area contributed by atoms with Gasteiger partial charge in [0.25, 0.3) is 10.0 Å². The van der Waals surface area contributed by atoms with E-state index in [0.717, 1.165) is 11.3 Å². The first-order valence-electron chi connectivity index (χ1n) is 6.38. The van der Waals surface area contributed by atoms with E-state index >= 15 is 0 Å². The number of aromatic nitrogens is 1. The quantitative estimate of drug-likeness (QED) is 0.414. The minimum Gasteiger partial charge on any atom is -0.346 e. The van der Waals surface area contributed by atoms with Crippen molar-refractivity contribution in [2.75, 3.05) is 0 Å². The highest BCUT2D eigenvalue weighted by Crippen LogP contribution is 2.28. The van der Waals surface area contributed by atoms with Crippen molar-refractivity contribution in [2.24, 2.45) is 0 Å². The number of sulfonamides is 1. The van der Waals surface area contributed by atoms with E-state index in [9.17, 15) is 18.0 Å². The van der Waals surface area contributed by atoms with E-state index in [1.54, 1.807) is 26.0 Å². The van der Waals surface area contributed by atoms with Crippen molar-refractivity contribution in [1.82, 2.24) is 20.6 Å². The number of carbonyl (C=O) groups is 2. The Morgan fingerprint density at radius 3 is 2.61 bits per heavy atom. The van der Waals surface area contributed by atoms with Gasteiger partial charge in [-0.15, -0.1) is 16.2 Å². The molecule has 0 atom stereocenters. The normalized spacial score (nSPS) is 11.7. The average molecular weight is 377 g/mol. The smallest absolute Gasteiger partial charge is 0.324 e. The van der Waals surface area contributed by atoms with Crippen molar-refractivity contribution in [3.8, 4) is 0 Å². The summed E-state index contributed by atoms with van der Waals surface area (Å²) in [6, 6.07) is 4.27. The van der Waals surface area contributed by atoms with Crippen molar-refractivity contribution in [2.45, 2.75) is 24.1 Å². The summed E-state index contributed by atoms with van der Waals surface area (Å²) in [6.07, 6.45) is 0. The van der Waals surface area contributed by atoms with Crippen LogP contribution in [0.5, 0.6) is 0 Å². The number of pyridine rings is 1. The van der Waals surface area contributed by atoms with Crippen LogP contribution in [0.3, 0.4) is 0 Å². The Bertz CT molecular complexity index is 863. The molecule has 2 heterocycles. The third-order valence-electron chi connectivity index (χ3n) is 2.51. The zero-order valence-corrected chi connectivity index (χ0v) is 14.5. The molecule has 0 saturated carbocycles. The number of nitrogens with zero attached hydrogens (tertiary/aromatic N) is 1. The average Bonchev–Trinajstić information content (AvgIpc) is 2.87. The molecule has 0 saturated heterocycles. The molecule has 0 bridgehead atoms. The van der Waals surface area contributed by atoms with E-state index in [-0.39, 0.29) is 15.4 Å². The Hall–Kier alpha value is -1.75. The van der Waals surface area contributed by atoms with E-state index in [4.69, 9.17) is 11.6 Å². The molecule has 0 unspecified atom stereocenters. The Labute approximate surface area is 141 Å². The molecule has 11 heteroatoms. The van der Waals surface area contributed by atoms with Gasteiger partial charge in [0, 0.05) is 6.04 Å². The lowest BCUT2D eigenvalue weighted by molar-refractivity contribution is -0.139. The maximum atomic E-state index is 12.1. The van der Waals surface area contributed by atoms with Crippen molar-refractivity contribution < 1.29 is 18.0 Å². The molecule has 8 nitrogen and oxygen atoms in total. The second-order valence-electron chi connectivity index (χ2n) is 4.77. The van der Waals surface area contributed by atoms with Gasteiger partial charge < -0.3 is 5.32 Å². The lowest BCUT2D eigenvalue weighted by Gasteiger charge is -2.09. The maximum absolute atomic E-state index is 12.1. The standard InChI is InChI=1S/C12H13ClN4O4S2/c1-6(2)14-11(18)12(19)16-17-23(20,21)10-5-7-8(22-10)3-4-9(13)15-7/h3-6,17H,1-2H3,(H,14,18)(H,16,19). The molecule has 0 aliphatic heterocycles. The van der Waals surface area contributed by atoms with Crippen molar-refractivity contribution in [1.29, 1.82) is 0 Å². The van der Waals surface area contributed by atoms with Crippen LogP contribution in [0.4, 0.5) is 0 Å². The molecule has 124 valence electrons. The van der Waals surface area contributed by atoms with Gasteiger partial charge in [-0.3, -0.25) is 15.0 Å². The molecule has 0 aliphatic rings. The number of nitrogens with one attached hydrogen (secondary N) is 3. The predicted octanol–water partition coefficient (Wildman–Crippen LogP) is 0.784. The molecule has 0 radical (unpaired) electrons. The summed E-state index contributed by atoms with van der Waals surface area (Å²) in [5.74, 6) is -2.04. The van der Waals surface area contributed by atoms with Gasteiger partial charge in [0.1, 0.15) is 9.36 Å². The van der Waals surface area contributed by atoms with Crippen LogP contribution >= 0.6 is 22.9 Å². The number of rotatable bonds is 4. The monoisotopic (exact) mass is 376 g/mol. The summed E-state index contributed by atoms with van der Waals surface area (Å²) in [5.41, 5.74) is 2.28. The number of fused-ring (bicyclic) bond motifs is 1. The zero-order valence-electron chi connectivity index (χ0n) is 12.1. The third-order valence-corrected chi connectivity index (χ3v) is 5.53. The lowest BCUT2D eigenvalue weighted by Crippen LogP contribution is -2.49. The Kier molecular flexibility index (Phi) is 5.19. The van der Waals surface area contributed by atoms with Gasteiger partial charge >= 0.3 is 11.8 Å². The molecule has 0 spiro atoms. The Morgan fingerprint density at radius 1 is 1.26 bits per heavy atom. The molecule has 23 heavy (non-hydrogen) atoms. The fourth-order valence-corrected chi connectivity index (χ4v) is 3.87. The lowest BCUT2D eigenvalue weighted by atomic mass is 10.4. The molecule has 0 aliphatic carbocycles. The second kappa shape index (κ2) is 6.79. The molecular formula is C12H13ClN4O4S2. The van der Waals surface area contributed by atoms with Gasteiger partial charge in [0.05, 0.1) is 10.2 Å². The van der Waals surface area contributed by atoms with Gasteiger partial charge in [-0.05, 0) is 32.0 Å². The first-order valence-corrected chi connectivity index (χ1v) is 9.05. The number of amides is 2. The summed E-state index contributed by atoms with van der Waals surface area (Å²) in [7, 11) is -4.02. The van der Waals surface area contributed by atoms with Crippen LogP contribution in [0.15, 0.2) is 22.4 Å². The van der Waals surface area contributed by atoms with Crippen LogP contribution in [0, 0.1) is 0 Å². The second-order valence-corrected chi connectivity index (χ2v) is 8.15. The summed E-state index contributed by atoms with van der Waals surface area (Å²) in [5, 5.41) is 2.58. The van der Waals surface area contributed by atoms with E-state index < -0.39 is 21.8 Å². The molecule has 2 aromatic heterocycles. The van der Waals surface area contributed by atoms with E-state index in [2.05, 4.69) is 10.3 Å². The highest BCUT2D eigenvalue weighted by Gasteiger charge is 2.21. The van der Waals surface area contributed by atoms with E-state index in [0.29, 0.717) is 10.2 Å². The highest BCUT2D eigenvalue weighted by molar-refractivity contribution is 7.91. The predicted molar refractivity (Wildman–Crippen MR) is 86.4 cm³/mol. The summed E-state index contributed by atoms with van der Waals surface area (Å²) in [4.78, 5) is 28.8. The fourth-order valence-electron chi connectivity index (χ4n) is 1.56. The molecule has 2 amide bonds. The summed E-state index contributed by atoms with van der Waals surface area (Å²) < 4.78 is 24.8. The van der Waals surface area contributed by atoms with Crippen molar-refractivity contribution in [3.63, 3.8) is 0 Å². The van der Waals surface area contributed by atoms with Gasteiger partial charge in [0.2, 0.25) is 0 Å². The zero-order chi connectivity index (χ0) is 17.2. The molecule has 3 N–H and O–H groups in total. The van der Waals surface area contributed by atoms with Gasteiger partial charge in [0.15, 0.2) is 0 Å². The first-order chi connectivity index (χ1) is 10.7. The summed E-state index contributed by atoms with van der Waals surface area (Å²) >= 11 is 6.71. The van der Waals surface area contributed by atoms with E-state index in [1.165, 1.54) is 6.07 Å². The van der Waals surface area contributed by atoms with Crippen LogP contribution in [0.25, 0.3) is 10.2 Å². The number of halogens is 1. The minimum absolute atomic E-state index is 0.0631. The van der Waals surface area contributed by atoms with Crippen molar-refractivity contribution >= 4 is 55.0 Å². The topological polar surface area (TPSA) is 117 Å². The number of carbonyl (C=O) groups excluding carboxylic acids is 2. The Balaban J connectivity index is 2.11. The van der Waals surface area contributed by atoms with Gasteiger partial charge in [-0.2, -0.15) is 0 Å². The van der Waals surface area contributed by atoms with Gasteiger partial charge in [-0.1, -0.05) is 11.6 Å². The maximum Gasteiger partial charge on any atom is 0.324 e. The van der Waals surface area contributed by atoms with Crippen molar-refractivity contribution in [3.05, 3.63) is 23.4 Å². The van der Waals surface area contributed by atoms with Crippen LogP contribution in [0.1, 0.15) is 13.8 Å². The number of hydrazine groups is 1. The number of thiophene rings is 1. The number of hydrogen-bond acceptors (Lipinski definition) is 6. The fraction of sp³-hybridized carbons (Fsp3) is 0.250. The Morgan fingerprint density at radius 2 is 1.96 bits per heavy atom. The molecule has 2 rings (SSSR count). The van der Waals surface area contributed by atoms with Crippen LogP contribution in [-0.4, -0.2) is 31.3 Å². The summed E-state index contributed by atoms with van der Waals surface area (Å²) in [6.45, 7) is 3.34. The highest BCUT2D eigenvalue weighted by atomic mass is 35.5. The minimum atomic E-state index is -4.02. The molecule has 0 aromatic carbocycles. The van der Waals surface area contributed by atoms with E-state index in [1.807, 2.05) is 10.3 Å². The third kappa shape index (κ3) is 4.38. The SMILES string of the molecule is CC(C)NC(=O)C(=O)NNS(=O)(=O)c1cc2nc(Cl)ccc2s1. The van der Waals surface area contributed by atoms with Crippen LogP contribution in [-0.2, 0) is 19.6 Å². The molecule has 2 aromatic rings. The van der Waals surface area contributed by atoms with Crippen LogP contribution < -0.4 is 15.6 Å². The molecular weight excluding hydrogens is 364 g/mol. The number of hydrogen-bond donors (Lipinski definition) is 3. The van der Waals surface area contributed by atoms with Gasteiger partial charge in [-0.25, -0.2) is 13.4 Å². The molecule has 0 fully saturated rings. The van der Waals surface area contributed by atoms with Crippen LogP contribution in [0.2, 0.25) is 5.15 Å².